The lowest BCUT2D eigenvalue weighted by molar-refractivity contribution is -0.137. The molecule has 0 spiro atoms. The molecule has 1 aromatic rings. The smallest absolute Gasteiger partial charge is 0.303 e. The molecule has 0 amide bonds. The maximum absolute atomic E-state index is 10.3. The van der Waals surface area contributed by atoms with Gasteiger partial charge in [0.2, 0.25) is 0 Å². The molecule has 0 saturated heterocycles. The minimum Gasteiger partial charge on any atom is -0.497 e. The first-order valence-electron chi connectivity index (χ1n) is 5.25. The lowest BCUT2D eigenvalue weighted by Gasteiger charge is -1.99. The van der Waals surface area contributed by atoms with Crippen molar-refractivity contribution in [2.45, 2.75) is 19.3 Å². The SMILES string of the molecule is COc1cccc(C=CCCCC(=O)O)c1. The van der Waals surface area contributed by atoms with E-state index < -0.39 is 5.97 Å². The normalized spacial score (nSPS) is 10.6. The van der Waals surface area contributed by atoms with Gasteiger partial charge in [0.05, 0.1) is 7.11 Å². The summed E-state index contributed by atoms with van der Waals surface area (Å²) in [5.41, 5.74) is 1.06. The predicted octanol–water partition coefficient (Wildman–Crippen LogP) is 2.96. The second-order valence-corrected chi connectivity index (χ2v) is 3.46. The quantitative estimate of drug-likeness (QED) is 0.750. The van der Waals surface area contributed by atoms with Gasteiger partial charge in [0.25, 0.3) is 0 Å². The van der Waals surface area contributed by atoms with E-state index >= 15 is 0 Å². The van der Waals surface area contributed by atoms with Gasteiger partial charge in [-0.1, -0.05) is 24.3 Å². The number of carboxylic acid groups (broad SMARTS) is 1. The molecular formula is C13H16O3. The minimum absolute atomic E-state index is 0.225. The van der Waals surface area contributed by atoms with E-state index in [0.717, 1.165) is 17.7 Å². The lowest BCUT2D eigenvalue weighted by atomic mass is 10.1. The zero-order chi connectivity index (χ0) is 11.8. The molecule has 0 aliphatic heterocycles. The Bertz CT molecular complexity index is 369. The second-order valence-electron chi connectivity index (χ2n) is 3.46. The largest absolute Gasteiger partial charge is 0.497 e. The zero-order valence-electron chi connectivity index (χ0n) is 9.35. The Hall–Kier alpha value is -1.77. The summed E-state index contributed by atoms with van der Waals surface area (Å²) in [6.07, 6.45) is 5.64. The summed E-state index contributed by atoms with van der Waals surface area (Å²) in [6.45, 7) is 0. The molecule has 0 aliphatic carbocycles. The van der Waals surface area contributed by atoms with Crippen molar-refractivity contribution in [3.8, 4) is 5.75 Å². The fourth-order valence-corrected chi connectivity index (χ4v) is 1.34. The topological polar surface area (TPSA) is 46.5 Å². The van der Waals surface area contributed by atoms with Crippen molar-refractivity contribution in [3.63, 3.8) is 0 Å². The molecule has 1 N–H and O–H groups in total. The molecule has 0 fully saturated rings. The summed E-state index contributed by atoms with van der Waals surface area (Å²) in [7, 11) is 1.63. The highest BCUT2D eigenvalue weighted by atomic mass is 16.5. The number of unbranched alkanes of at least 4 members (excludes halogenated alkanes) is 1. The monoisotopic (exact) mass is 220 g/mol. The minimum atomic E-state index is -0.741. The van der Waals surface area contributed by atoms with E-state index in [0.29, 0.717) is 6.42 Å². The van der Waals surface area contributed by atoms with Gasteiger partial charge in [-0.05, 0) is 30.5 Å². The van der Waals surface area contributed by atoms with E-state index in [9.17, 15) is 4.79 Å². The Balaban J connectivity index is 2.40. The molecule has 3 heteroatoms. The summed E-state index contributed by atoms with van der Waals surface area (Å²) < 4.78 is 5.10. The summed E-state index contributed by atoms with van der Waals surface area (Å²) in [5.74, 6) is 0.0856. The molecule has 86 valence electrons. The molecule has 16 heavy (non-hydrogen) atoms. The van der Waals surface area contributed by atoms with E-state index in [-0.39, 0.29) is 6.42 Å². The van der Waals surface area contributed by atoms with Gasteiger partial charge in [-0.15, -0.1) is 0 Å². The molecule has 1 rings (SSSR count). The number of carbonyl (C=O) groups is 1. The van der Waals surface area contributed by atoms with Crippen molar-refractivity contribution < 1.29 is 14.6 Å². The van der Waals surface area contributed by atoms with Gasteiger partial charge >= 0.3 is 5.97 Å². The first-order chi connectivity index (χ1) is 7.72. The van der Waals surface area contributed by atoms with Crippen molar-refractivity contribution in [3.05, 3.63) is 35.9 Å². The van der Waals surface area contributed by atoms with Crippen LogP contribution in [0.3, 0.4) is 0 Å². The van der Waals surface area contributed by atoms with E-state index in [1.165, 1.54) is 0 Å². The highest BCUT2D eigenvalue weighted by molar-refractivity contribution is 5.66. The van der Waals surface area contributed by atoms with Crippen molar-refractivity contribution in [2.75, 3.05) is 7.11 Å². The van der Waals surface area contributed by atoms with Crippen LogP contribution in [0.5, 0.6) is 5.75 Å². The van der Waals surface area contributed by atoms with Crippen LogP contribution in [0.15, 0.2) is 30.3 Å². The predicted molar refractivity (Wildman–Crippen MR) is 63.5 cm³/mol. The highest BCUT2D eigenvalue weighted by Gasteiger charge is 1.94. The Kier molecular flexibility index (Phi) is 5.12. The standard InChI is InChI=1S/C13H16O3/c1-16-12-8-5-7-11(10-12)6-3-2-4-9-13(14)15/h3,5-8,10H,2,4,9H2,1H3,(H,14,15). The number of carboxylic acids is 1. The van der Waals surface area contributed by atoms with Crippen LogP contribution < -0.4 is 4.74 Å². The molecule has 0 aromatic heterocycles. The van der Waals surface area contributed by atoms with Crippen LogP contribution in [0.2, 0.25) is 0 Å². The average molecular weight is 220 g/mol. The zero-order valence-corrected chi connectivity index (χ0v) is 9.35. The van der Waals surface area contributed by atoms with Gasteiger partial charge in [-0.2, -0.15) is 0 Å². The fraction of sp³-hybridized carbons (Fsp3) is 0.308. The van der Waals surface area contributed by atoms with Crippen LogP contribution in [0.1, 0.15) is 24.8 Å². The molecule has 0 unspecified atom stereocenters. The van der Waals surface area contributed by atoms with E-state index in [1.807, 2.05) is 36.4 Å². The number of aliphatic carboxylic acids is 1. The molecule has 1 aromatic carbocycles. The number of ether oxygens (including phenoxy) is 1. The first kappa shape index (κ1) is 12.3. The van der Waals surface area contributed by atoms with Crippen molar-refractivity contribution >= 4 is 12.0 Å². The van der Waals surface area contributed by atoms with Crippen LogP contribution in [-0.4, -0.2) is 18.2 Å². The van der Waals surface area contributed by atoms with Crippen molar-refractivity contribution in [2.24, 2.45) is 0 Å². The molecular weight excluding hydrogens is 204 g/mol. The number of hydrogen-bond acceptors (Lipinski definition) is 2. The molecule has 0 atom stereocenters. The van der Waals surface area contributed by atoms with Crippen LogP contribution >= 0.6 is 0 Å². The fourth-order valence-electron chi connectivity index (χ4n) is 1.34. The maximum atomic E-state index is 10.3. The maximum Gasteiger partial charge on any atom is 0.303 e. The van der Waals surface area contributed by atoms with Gasteiger partial charge in [0.1, 0.15) is 5.75 Å². The Labute approximate surface area is 95.4 Å². The number of benzene rings is 1. The summed E-state index contributed by atoms with van der Waals surface area (Å²) in [6, 6.07) is 7.74. The lowest BCUT2D eigenvalue weighted by Crippen LogP contribution is -1.92. The van der Waals surface area contributed by atoms with Gasteiger partial charge < -0.3 is 9.84 Å². The van der Waals surface area contributed by atoms with Crippen molar-refractivity contribution in [1.29, 1.82) is 0 Å². The summed E-state index contributed by atoms with van der Waals surface area (Å²) in [5, 5.41) is 8.46. The van der Waals surface area contributed by atoms with E-state index in [4.69, 9.17) is 9.84 Å². The number of hydrogen-bond donors (Lipinski definition) is 1. The third kappa shape index (κ3) is 4.64. The van der Waals surface area contributed by atoms with Gasteiger partial charge in [-0.3, -0.25) is 4.79 Å². The highest BCUT2D eigenvalue weighted by Crippen LogP contribution is 2.14. The van der Waals surface area contributed by atoms with Crippen LogP contribution in [0, 0.1) is 0 Å². The van der Waals surface area contributed by atoms with Gasteiger partial charge in [-0.25, -0.2) is 0 Å². The molecule has 0 aliphatic rings. The number of allylic oxidation sites excluding steroid dienone is 1. The second kappa shape index (κ2) is 6.67. The average Bonchev–Trinajstić information content (AvgIpc) is 2.28. The summed E-state index contributed by atoms with van der Waals surface area (Å²) in [4.78, 5) is 10.3. The van der Waals surface area contributed by atoms with Crippen LogP contribution in [0.25, 0.3) is 6.08 Å². The Morgan fingerprint density at radius 3 is 3.00 bits per heavy atom. The van der Waals surface area contributed by atoms with Gasteiger partial charge in [0.15, 0.2) is 0 Å². The molecule has 3 nitrogen and oxygen atoms in total. The first-order valence-corrected chi connectivity index (χ1v) is 5.25. The summed E-state index contributed by atoms with van der Waals surface area (Å²) >= 11 is 0. The van der Waals surface area contributed by atoms with Crippen LogP contribution in [-0.2, 0) is 4.79 Å². The van der Waals surface area contributed by atoms with Crippen molar-refractivity contribution in [1.82, 2.24) is 0 Å². The Morgan fingerprint density at radius 1 is 1.50 bits per heavy atom. The van der Waals surface area contributed by atoms with E-state index in [1.54, 1.807) is 7.11 Å². The molecule has 0 heterocycles. The number of rotatable bonds is 6. The van der Waals surface area contributed by atoms with E-state index in [2.05, 4.69) is 0 Å². The van der Waals surface area contributed by atoms with Crippen LogP contribution in [0.4, 0.5) is 0 Å². The third-order valence-electron chi connectivity index (χ3n) is 2.17. The van der Waals surface area contributed by atoms with Gasteiger partial charge in [0, 0.05) is 6.42 Å². The molecule has 0 radical (unpaired) electrons. The number of methoxy groups -OCH3 is 1. The Morgan fingerprint density at radius 2 is 2.31 bits per heavy atom. The molecule has 0 bridgehead atoms. The molecule has 0 saturated carbocycles. The third-order valence-corrected chi connectivity index (χ3v) is 2.17.